The van der Waals surface area contributed by atoms with Gasteiger partial charge in [-0.1, -0.05) is 23.4 Å². The third kappa shape index (κ3) is 3.85. The minimum Gasteiger partial charge on any atom is -0.382 e. The van der Waals surface area contributed by atoms with E-state index in [9.17, 15) is 8.78 Å². The van der Waals surface area contributed by atoms with Crippen molar-refractivity contribution in [2.75, 3.05) is 29.5 Å². The van der Waals surface area contributed by atoms with Crippen molar-refractivity contribution < 1.29 is 8.78 Å². The zero-order chi connectivity index (χ0) is 23.3. The Morgan fingerprint density at radius 2 is 1.82 bits per heavy atom. The predicted octanol–water partition coefficient (Wildman–Crippen LogP) is 3.96. The lowest BCUT2D eigenvalue weighted by atomic mass is 9.73. The second-order valence-electron chi connectivity index (χ2n) is 8.50. The normalized spacial score (nSPS) is 19.2. The van der Waals surface area contributed by atoms with Crippen LogP contribution in [0.3, 0.4) is 0 Å². The van der Waals surface area contributed by atoms with E-state index in [0.29, 0.717) is 51.7 Å². The van der Waals surface area contributed by atoms with Gasteiger partial charge in [0, 0.05) is 30.2 Å². The van der Waals surface area contributed by atoms with Gasteiger partial charge in [0.15, 0.2) is 17.5 Å². The highest BCUT2D eigenvalue weighted by Gasteiger charge is 2.46. The largest absolute Gasteiger partial charge is 0.382 e. The van der Waals surface area contributed by atoms with Gasteiger partial charge in [-0.15, -0.1) is 0 Å². The van der Waals surface area contributed by atoms with Crippen LogP contribution < -0.4 is 22.1 Å². The fourth-order valence-electron chi connectivity index (χ4n) is 4.77. The first kappa shape index (κ1) is 22.1. The summed E-state index contributed by atoms with van der Waals surface area (Å²) >= 11 is 7.49. The van der Waals surface area contributed by atoms with Crippen LogP contribution in [0.4, 0.5) is 26.2 Å². The maximum Gasteiger partial charge on any atom is 0.159 e. The van der Waals surface area contributed by atoms with E-state index in [1.807, 2.05) is 0 Å². The molecule has 0 unspecified atom stereocenters. The number of anilines is 3. The monoisotopic (exact) mass is 489 g/mol. The number of nitrogens with two attached hydrogens (primary N) is 3. The van der Waals surface area contributed by atoms with Gasteiger partial charge in [0.05, 0.1) is 11.2 Å². The second-order valence-corrected chi connectivity index (χ2v) is 9.91. The molecule has 3 heterocycles. The van der Waals surface area contributed by atoms with Crippen LogP contribution in [0.5, 0.6) is 0 Å². The molecule has 11 heteroatoms. The van der Waals surface area contributed by atoms with Crippen molar-refractivity contribution in [2.24, 2.45) is 11.1 Å². The molecule has 1 atom stereocenters. The molecule has 0 bridgehead atoms. The fraction of sp³-hybridized carbons (Fsp3) is 0.318. The molecule has 1 aromatic carbocycles. The van der Waals surface area contributed by atoms with Crippen molar-refractivity contribution >= 4 is 40.8 Å². The van der Waals surface area contributed by atoms with Crippen molar-refractivity contribution in [2.45, 2.75) is 35.2 Å². The highest BCUT2D eigenvalue weighted by molar-refractivity contribution is 7.99. The Balaban J connectivity index is 1.30. The number of rotatable bonds is 3. The molecule has 7 nitrogen and oxygen atoms in total. The van der Waals surface area contributed by atoms with E-state index in [2.05, 4.69) is 19.9 Å². The van der Waals surface area contributed by atoms with E-state index in [1.165, 1.54) is 23.9 Å². The zero-order valence-electron chi connectivity index (χ0n) is 17.6. The average Bonchev–Trinajstić information content (AvgIpc) is 3.04. The van der Waals surface area contributed by atoms with Crippen LogP contribution in [0.2, 0.25) is 5.02 Å². The first-order valence-electron chi connectivity index (χ1n) is 10.5. The van der Waals surface area contributed by atoms with Gasteiger partial charge in [-0.05, 0) is 54.0 Å². The van der Waals surface area contributed by atoms with Gasteiger partial charge in [0.1, 0.15) is 16.7 Å². The highest BCUT2D eigenvalue weighted by atomic mass is 35.5. The average molecular weight is 490 g/mol. The number of aromatic nitrogens is 3. The summed E-state index contributed by atoms with van der Waals surface area (Å²) in [6, 6.07) is 3.96. The van der Waals surface area contributed by atoms with E-state index in [1.54, 1.807) is 18.5 Å². The molecule has 172 valence electrons. The molecule has 1 aliphatic carbocycles. The second kappa shape index (κ2) is 8.27. The Kier molecular flexibility index (Phi) is 5.54. The van der Waals surface area contributed by atoms with Crippen LogP contribution >= 0.6 is 23.4 Å². The molecule has 3 aromatic rings. The quantitative estimate of drug-likeness (QED) is 0.505. The number of hydrogen-bond donors (Lipinski definition) is 3. The molecule has 0 radical (unpaired) electrons. The number of nitrogens with zero attached hydrogens (tertiary/aromatic N) is 4. The van der Waals surface area contributed by atoms with Crippen LogP contribution in [-0.4, -0.2) is 28.0 Å². The van der Waals surface area contributed by atoms with E-state index in [0.717, 1.165) is 18.4 Å². The van der Waals surface area contributed by atoms with Gasteiger partial charge in [-0.2, -0.15) is 0 Å². The number of piperidine rings is 1. The molecule has 0 saturated carbocycles. The Bertz CT molecular complexity index is 1230. The smallest absolute Gasteiger partial charge is 0.159 e. The van der Waals surface area contributed by atoms with Crippen LogP contribution in [0.25, 0.3) is 0 Å². The third-order valence-corrected chi connectivity index (χ3v) is 8.22. The number of pyridine rings is 1. The summed E-state index contributed by atoms with van der Waals surface area (Å²) in [6.07, 6.45) is 5.45. The third-order valence-electron chi connectivity index (χ3n) is 6.64. The maximum atomic E-state index is 13.8. The summed E-state index contributed by atoms with van der Waals surface area (Å²) in [5, 5.41) is 0.875. The Morgan fingerprint density at radius 1 is 1.09 bits per heavy atom. The first-order valence-corrected chi connectivity index (χ1v) is 11.7. The molecule has 5 rings (SSSR count). The summed E-state index contributed by atoms with van der Waals surface area (Å²) in [5.74, 6) is -0.466. The van der Waals surface area contributed by atoms with Gasteiger partial charge in [-0.25, -0.2) is 23.7 Å². The molecule has 2 aromatic heterocycles. The van der Waals surface area contributed by atoms with E-state index in [4.69, 9.17) is 28.8 Å². The topological polar surface area (TPSA) is 120 Å². The number of hydrogen-bond acceptors (Lipinski definition) is 8. The lowest BCUT2D eigenvalue weighted by molar-refractivity contribution is 0.187. The molecule has 2 aliphatic rings. The van der Waals surface area contributed by atoms with Gasteiger partial charge in [-0.3, -0.25) is 0 Å². The first-order chi connectivity index (χ1) is 15.8. The summed E-state index contributed by atoms with van der Waals surface area (Å²) in [5.41, 5.74) is 19.8. The number of nitrogen functional groups attached to an aromatic ring is 2. The van der Waals surface area contributed by atoms with E-state index < -0.39 is 11.6 Å². The number of fused-ring (bicyclic) bond motifs is 1. The molecule has 1 fully saturated rings. The molecule has 1 saturated heterocycles. The van der Waals surface area contributed by atoms with Crippen molar-refractivity contribution in [3.8, 4) is 0 Å². The van der Waals surface area contributed by atoms with Crippen molar-refractivity contribution in [1.82, 2.24) is 15.0 Å². The maximum absolute atomic E-state index is 13.8. The van der Waals surface area contributed by atoms with Crippen LogP contribution in [0.15, 0.2) is 40.5 Å². The fourth-order valence-corrected chi connectivity index (χ4v) is 5.79. The van der Waals surface area contributed by atoms with Crippen molar-refractivity contribution in [3.05, 3.63) is 58.4 Å². The molecule has 0 amide bonds. The van der Waals surface area contributed by atoms with Crippen molar-refractivity contribution in [3.63, 3.8) is 0 Å². The molecule has 33 heavy (non-hydrogen) atoms. The summed E-state index contributed by atoms with van der Waals surface area (Å²) in [7, 11) is 0. The zero-order valence-corrected chi connectivity index (χ0v) is 19.1. The van der Waals surface area contributed by atoms with Crippen LogP contribution in [0.1, 0.15) is 30.0 Å². The Morgan fingerprint density at radius 3 is 2.55 bits per heavy atom. The van der Waals surface area contributed by atoms with Crippen LogP contribution in [-0.2, 0) is 6.42 Å². The minimum atomic E-state index is -0.849. The van der Waals surface area contributed by atoms with Crippen molar-refractivity contribution in [1.29, 1.82) is 0 Å². The van der Waals surface area contributed by atoms with Crippen LogP contribution in [0, 0.1) is 17.0 Å². The lowest BCUT2D eigenvalue weighted by Crippen LogP contribution is -2.44. The summed E-state index contributed by atoms with van der Waals surface area (Å²) < 4.78 is 27.5. The number of halogens is 3. The number of benzene rings is 1. The molecule has 6 N–H and O–H groups in total. The summed E-state index contributed by atoms with van der Waals surface area (Å²) in [4.78, 5) is 15.8. The molecular formula is C22H22ClF2N7S. The van der Waals surface area contributed by atoms with E-state index in [-0.39, 0.29) is 17.3 Å². The standard InChI is InChI=1S/C22H22ClF2N7S/c23-17-15(1-4-29-19(17)27)33-21-20(28)31-16(10-30-21)32-5-2-22(3-6-32)9-11-7-13(24)14(25)8-12(11)18(22)26/h1,4,7-8,10,18H,2-3,5-6,9,26H2,(H2,27,29)(H2,28,31)/t18-/m1/s1. The minimum absolute atomic E-state index is 0.216. The van der Waals surface area contributed by atoms with E-state index >= 15 is 0 Å². The molecular weight excluding hydrogens is 468 g/mol. The van der Waals surface area contributed by atoms with Gasteiger partial charge in [0.2, 0.25) is 0 Å². The predicted molar refractivity (Wildman–Crippen MR) is 125 cm³/mol. The van der Waals surface area contributed by atoms with Gasteiger partial charge in [0.25, 0.3) is 0 Å². The summed E-state index contributed by atoms with van der Waals surface area (Å²) in [6.45, 7) is 1.39. The highest BCUT2D eigenvalue weighted by Crippen LogP contribution is 2.51. The Hall–Kier alpha value is -2.69. The Labute approximate surface area is 198 Å². The molecule has 1 aliphatic heterocycles. The molecule has 1 spiro atoms. The SMILES string of the molecule is Nc1nc(N2CCC3(CC2)Cc2cc(F)c(F)cc2[C@H]3N)cnc1Sc1ccnc(N)c1Cl. The van der Waals surface area contributed by atoms with Gasteiger partial charge < -0.3 is 22.1 Å². The lowest BCUT2D eigenvalue weighted by Gasteiger charge is -2.42. The van der Waals surface area contributed by atoms with Gasteiger partial charge >= 0.3 is 0 Å².